The molecule has 128 valence electrons. The number of anilines is 1. The second-order valence-electron chi connectivity index (χ2n) is 6.15. The van der Waals surface area contributed by atoms with Crippen molar-refractivity contribution < 1.29 is 14.3 Å². The van der Waals surface area contributed by atoms with Gasteiger partial charge in [-0.2, -0.15) is 0 Å². The van der Waals surface area contributed by atoms with Gasteiger partial charge >= 0.3 is 0 Å². The van der Waals surface area contributed by atoms with Crippen molar-refractivity contribution in [3.63, 3.8) is 0 Å². The molecule has 2 rings (SSSR count). The molecule has 0 bridgehead atoms. The summed E-state index contributed by atoms with van der Waals surface area (Å²) in [5.74, 6) is 1.22. The molecule has 0 saturated carbocycles. The smallest absolute Gasteiger partial charge is 0.262 e. The molecule has 0 aromatic heterocycles. The second kappa shape index (κ2) is 7.86. The van der Waals surface area contributed by atoms with E-state index >= 15 is 0 Å². The van der Waals surface area contributed by atoms with Gasteiger partial charge in [-0.25, -0.2) is 0 Å². The van der Waals surface area contributed by atoms with E-state index in [1.807, 2.05) is 65.0 Å². The van der Waals surface area contributed by atoms with Crippen molar-refractivity contribution >= 4 is 11.6 Å². The number of hydrogen-bond acceptors (Lipinski definition) is 3. The van der Waals surface area contributed by atoms with Gasteiger partial charge in [0, 0.05) is 0 Å². The van der Waals surface area contributed by atoms with Crippen LogP contribution in [-0.4, -0.2) is 18.6 Å². The molecule has 4 heteroatoms. The van der Waals surface area contributed by atoms with Gasteiger partial charge in [0.25, 0.3) is 5.91 Å². The number of ether oxygens (including phenoxy) is 2. The summed E-state index contributed by atoms with van der Waals surface area (Å²) in [6.07, 6.45) is 0.0388. The van der Waals surface area contributed by atoms with Crippen molar-refractivity contribution in [2.45, 2.75) is 40.7 Å². The molecule has 2 aromatic rings. The van der Waals surface area contributed by atoms with Gasteiger partial charge in [-0.15, -0.1) is 0 Å². The summed E-state index contributed by atoms with van der Waals surface area (Å²) < 4.78 is 11.5. The molecule has 0 unspecified atom stereocenters. The molecule has 0 spiro atoms. The Hall–Kier alpha value is -2.49. The van der Waals surface area contributed by atoms with Gasteiger partial charge in [-0.1, -0.05) is 24.3 Å². The molecule has 0 fully saturated rings. The van der Waals surface area contributed by atoms with Gasteiger partial charge in [-0.3, -0.25) is 4.79 Å². The number of hydrogen-bond donors (Lipinski definition) is 1. The highest BCUT2D eigenvalue weighted by atomic mass is 16.5. The van der Waals surface area contributed by atoms with Gasteiger partial charge in [-0.05, 0) is 63.4 Å². The molecule has 1 amide bonds. The van der Waals surface area contributed by atoms with Gasteiger partial charge in [0.05, 0.1) is 11.8 Å². The topological polar surface area (TPSA) is 47.6 Å². The highest BCUT2D eigenvalue weighted by Gasteiger charge is 2.12. The summed E-state index contributed by atoms with van der Waals surface area (Å²) in [7, 11) is 0. The van der Waals surface area contributed by atoms with E-state index < -0.39 is 0 Å². The van der Waals surface area contributed by atoms with Crippen molar-refractivity contribution in [2.75, 3.05) is 11.9 Å². The summed E-state index contributed by atoms with van der Waals surface area (Å²) in [5, 5.41) is 2.85. The minimum atomic E-state index is -0.213. The predicted molar refractivity (Wildman–Crippen MR) is 97.0 cm³/mol. The fourth-order valence-corrected chi connectivity index (χ4v) is 2.40. The zero-order valence-electron chi connectivity index (χ0n) is 15.0. The fraction of sp³-hybridized carbons (Fsp3) is 0.350. The monoisotopic (exact) mass is 327 g/mol. The van der Waals surface area contributed by atoms with Crippen LogP contribution in [0.1, 0.15) is 30.5 Å². The zero-order valence-corrected chi connectivity index (χ0v) is 15.0. The highest BCUT2D eigenvalue weighted by Crippen LogP contribution is 2.27. The molecule has 1 N–H and O–H groups in total. The second-order valence-corrected chi connectivity index (χ2v) is 6.15. The largest absolute Gasteiger partial charge is 0.489 e. The number of carbonyl (C=O) groups excluding carboxylic acids is 1. The predicted octanol–water partition coefficient (Wildman–Crippen LogP) is 4.42. The van der Waals surface area contributed by atoms with E-state index in [0.29, 0.717) is 11.4 Å². The van der Waals surface area contributed by atoms with E-state index in [1.165, 1.54) is 0 Å². The van der Waals surface area contributed by atoms with Crippen LogP contribution in [0.5, 0.6) is 11.5 Å². The van der Waals surface area contributed by atoms with Crippen LogP contribution in [-0.2, 0) is 4.79 Å². The van der Waals surface area contributed by atoms with E-state index in [2.05, 4.69) is 11.4 Å². The van der Waals surface area contributed by atoms with Gasteiger partial charge in [0.1, 0.15) is 11.5 Å². The summed E-state index contributed by atoms with van der Waals surface area (Å²) in [5.41, 5.74) is 3.88. The van der Waals surface area contributed by atoms with Gasteiger partial charge in [0.2, 0.25) is 0 Å². The maximum atomic E-state index is 12.2. The lowest BCUT2D eigenvalue weighted by Crippen LogP contribution is -2.21. The average Bonchev–Trinajstić information content (AvgIpc) is 2.52. The van der Waals surface area contributed by atoms with Crippen molar-refractivity contribution in [1.29, 1.82) is 0 Å². The first kappa shape index (κ1) is 17.9. The molecule has 0 saturated heterocycles. The first-order valence-electron chi connectivity index (χ1n) is 8.13. The number of para-hydroxylation sites is 2. The first-order valence-corrected chi connectivity index (χ1v) is 8.13. The average molecular weight is 327 g/mol. The van der Waals surface area contributed by atoms with Crippen LogP contribution in [0, 0.1) is 20.8 Å². The van der Waals surface area contributed by atoms with Crippen LogP contribution in [0.15, 0.2) is 36.4 Å². The summed E-state index contributed by atoms with van der Waals surface area (Å²) in [6.45, 7) is 9.87. The lowest BCUT2D eigenvalue weighted by atomic mass is 10.1. The minimum Gasteiger partial charge on any atom is -0.489 e. The highest BCUT2D eigenvalue weighted by molar-refractivity contribution is 5.93. The van der Waals surface area contributed by atoms with Crippen LogP contribution in [0.3, 0.4) is 0 Å². The van der Waals surface area contributed by atoms with Crippen molar-refractivity contribution in [1.82, 2.24) is 0 Å². The van der Waals surface area contributed by atoms with Crippen LogP contribution < -0.4 is 14.8 Å². The van der Waals surface area contributed by atoms with Crippen LogP contribution >= 0.6 is 0 Å². The Bertz CT molecular complexity index is 723. The number of rotatable bonds is 6. The van der Waals surface area contributed by atoms with Gasteiger partial charge < -0.3 is 14.8 Å². The van der Waals surface area contributed by atoms with Crippen molar-refractivity contribution in [3.05, 3.63) is 53.1 Å². The number of nitrogens with one attached hydrogen (secondary N) is 1. The molecule has 0 atom stereocenters. The Balaban J connectivity index is 2.04. The molecule has 2 aromatic carbocycles. The van der Waals surface area contributed by atoms with Crippen LogP contribution in [0.25, 0.3) is 0 Å². The Labute approximate surface area is 143 Å². The zero-order chi connectivity index (χ0) is 17.7. The molecule has 0 aliphatic rings. The van der Waals surface area contributed by atoms with Crippen molar-refractivity contribution in [2.24, 2.45) is 0 Å². The third-order valence-corrected chi connectivity index (χ3v) is 3.75. The van der Waals surface area contributed by atoms with E-state index in [-0.39, 0.29) is 18.6 Å². The summed E-state index contributed by atoms with van der Waals surface area (Å²) in [6, 6.07) is 11.4. The molecular weight excluding hydrogens is 302 g/mol. The minimum absolute atomic E-state index is 0.0388. The number of amides is 1. The first-order chi connectivity index (χ1) is 11.4. The Morgan fingerprint density at radius 3 is 2.42 bits per heavy atom. The van der Waals surface area contributed by atoms with E-state index in [4.69, 9.17) is 9.47 Å². The normalized spacial score (nSPS) is 10.6. The number of benzene rings is 2. The Kier molecular flexibility index (Phi) is 5.85. The standard InChI is InChI=1S/C20H25NO3/c1-13(2)24-18-9-7-6-8-17(18)21-19(22)12-23-20-15(4)11-10-14(3)16(20)5/h6-11,13H,12H2,1-5H3,(H,21,22). The van der Waals surface area contributed by atoms with E-state index in [9.17, 15) is 4.79 Å². The molecule has 0 aliphatic carbocycles. The van der Waals surface area contributed by atoms with Crippen LogP contribution in [0.2, 0.25) is 0 Å². The number of carbonyl (C=O) groups is 1. The fourth-order valence-electron chi connectivity index (χ4n) is 2.40. The molecular formula is C20H25NO3. The molecule has 24 heavy (non-hydrogen) atoms. The number of aryl methyl sites for hydroxylation is 2. The lowest BCUT2D eigenvalue weighted by Gasteiger charge is -2.16. The molecule has 0 aliphatic heterocycles. The third-order valence-electron chi connectivity index (χ3n) is 3.75. The molecule has 0 radical (unpaired) electrons. The maximum Gasteiger partial charge on any atom is 0.262 e. The quantitative estimate of drug-likeness (QED) is 0.854. The molecule has 0 heterocycles. The molecule has 4 nitrogen and oxygen atoms in total. The van der Waals surface area contributed by atoms with Gasteiger partial charge in [0.15, 0.2) is 6.61 Å². The Morgan fingerprint density at radius 2 is 1.71 bits per heavy atom. The Morgan fingerprint density at radius 1 is 1.04 bits per heavy atom. The maximum absolute atomic E-state index is 12.2. The summed E-state index contributed by atoms with van der Waals surface area (Å²) >= 11 is 0. The lowest BCUT2D eigenvalue weighted by molar-refractivity contribution is -0.118. The van der Waals surface area contributed by atoms with Crippen LogP contribution in [0.4, 0.5) is 5.69 Å². The van der Waals surface area contributed by atoms with E-state index in [0.717, 1.165) is 22.4 Å². The third kappa shape index (κ3) is 4.51. The SMILES string of the molecule is Cc1ccc(C)c(OCC(=O)Nc2ccccc2OC(C)C)c1C. The summed E-state index contributed by atoms with van der Waals surface area (Å²) in [4.78, 5) is 12.2. The van der Waals surface area contributed by atoms with E-state index in [1.54, 1.807) is 0 Å². The van der Waals surface area contributed by atoms with Crippen molar-refractivity contribution in [3.8, 4) is 11.5 Å².